The van der Waals surface area contributed by atoms with Crippen LogP contribution in [0.2, 0.25) is 10.0 Å². The van der Waals surface area contributed by atoms with Crippen LogP contribution in [-0.2, 0) is 22.1 Å². The van der Waals surface area contributed by atoms with E-state index in [1.54, 1.807) is 36.4 Å². The first kappa shape index (κ1) is 14.1. The Labute approximate surface area is 129 Å². The van der Waals surface area contributed by atoms with Gasteiger partial charge in [0.25, 0.3) is 0 Å². The summed E-state index contributed by atoms with van der Waals surface area (Å²) in [4.78, 5) is 0.910. The van der Waals surface area contributed by atoms with Crippen LogP contribution in [0.3, 0.4) is 0 Å². The van der Waals surface area contributed by atoms with Crippen LogP contribution in [-0.4, -0.2) is 16.4 Å². The quantitative estimate of drug-likeness (QED) is 0.862. The summed E-state index contributed by atoms with van der Waals surface area (Å²) in [7, 11) is -2.48. The average Bonchev–Trinajstić information content (AvgIpc) is 2.79. The lowest BCUT2D eigenvalue weighted by atomic mass is 9.80. The molecule has 20 heavy (non-hydrogen) atoms. The molecule has 0 radical (unpaired) electrons. The van der Waals surface area contributed by atoms with Gasteiger partial charge < -0.3 is 9.68 Å². The third kappa shape index (κ3) is 2.40. The maximum Gasteiger partial charge on any atom is 0.491 e. The van der Waals surface area contributed by atoms with E-state index < -0.39 is 17.9 Å². The summed E-state index contributed by atoms with van der Waals surface area (Å²) in [5.74, 6) is 0. The van der Waals surface area contributed by atoms with Crippen LogP contribution in [0.15, 0.2) is 46.2 Å². The van der Waals surface area contributed by atoms with E-state index in [4.69, 9.17) is 27.9 Å². The Morgan fingerprint density at radius 1 is 1.20 bits per heavy atom. The van der Waals surface area contributed by atoms with Gasteiger partial charge in [-0.05, 0) is 35.3 Å². The molecule has 1 N–H and O–H groups in total. The second kappa shape index (κ2) is 5.50. The predicted molar refractivity (Wildman–Crippen MR) is 80.0 cm³/mol. The molecule has 0 saturated heterocycles. The summed E-state index contributed by atoms with van der Waals surface area (Å²) in [6.07, 6.45) is 0. The Balaban J connectivity index is 2.06. The summed E-state index contributed by atoms with van der Waals surface area (Å²) in [6, 6.07) is 10.2. The first-order valence-corrected chi connectivity index (χ1v) is 7.77. The number of halogens is 2. The number of benzene rings is 2. The summed E-state index contributed by atoms with van der Waals surface area (Å²) < 4.78 is 17.7. The van der Waals surface area contributed by atoms with Crippen LogP contribution >= 0.6 is 23.2 Å². The molecule has 1 heterocycles. The molecule has 1 aliphatic heterocycles. The molecule has 0 aromatic heterocycles. The van der Waals surface area contributed by atoms with Gasteiger partial charge in [0.05, 0.1) is 32.3 Å². The Bertz CT molecular complexity index is 688. The molecule has 0 fully saturated rings. The van der Waals surface area contributed by atoms with Crippen molar-refractivity contribution in [3.8, 4) is 0 Å². The molecule has 3 nitrogen and oxygen atoms in total. The zero-order chi connectivity index (χ0) is 14.3. The zero-order valence-corrected chi connectivity index (χ0v) is 12.5. The van der Waals surface area contributed by atoms with Crippen LogP contribution in [0.5, 0.6) is 0 Å². The minimum Gasteiger partial charge on any atom is -0.423 e. The highest BCUT2D eigenvalue weighted by Gasteiger charge is 2.28. The highest BCUT2D eigenvalue weighted by atomic mass is 35.5. The van der Waals surface area contributed by atoms with Crippen molar-refractivity contribution in [3.63, 3.8) is 0 Å². The van der Waals surface area contributed by atoms with Crippen LogP contribution in [0, 0.1) is 0 Å². The molecule has 1 unspecified atom stereocenters. The second-order valence-electron chi connectivity index (χ2n) is 4.34. The first-order valence-electron chi connectivity index (χ1n) is 5.86. The van der Waals surface area contributed by atoms with Crippen LogP contribution in [0.4, 0.5) is 0 Å². The van der Waals surface area contributed by atoms with Crippen LogP contribution < -0.4 is 5.46 Å². The lowest BCUT2D eigenvalue weighted by molar-refractivity contribution is 0.275. The lowest BCUT2D eigenvalue weighted by Gasteiger charge is -2.08. The van der Waals surface area contributed by atoms with Crippen molar-refractivity contribution in [1.82, 2.24) is 0 Å². The molecular weight excluding hydrogens is 318 g/mol. The topological polar surface area (TPSA) is 46.5 Å². The van der Waals surface area contributed by atoms with Gasteiger partial charge in [-0.25, -0.2) is 4.21 Å². The van der Waals surface area contributed by atoms with Crippen LogP contribution in [0.25, 0.3) is 0 Å². The Kier molecular flexibility index (Phi) is 3.88. The van der Waals surface area contributed by atoms with Crippen molar-refractivity contribution in [2.75, 3.05) is 0 Å². The molecule has 0 saturated carbocycles. The summed E-state index contributed by atoms with van der Waals surface area (Å²) >= 11 is 12.1. The summed E-state index contributed by atoms with van der Waals surface area (Å²) in [6.45, 7) is 0.357. The van der Waals surface area contributed by atoms with Crippen molar-refractivity contribution < 1.29 is 13.9 Å². The number of rotatable bonds is 2. The van der Waals surface area contributed by atoms with Crippen molar-refractivity contribution >= 4 is 46.6 Å². The zero-order valence-electron chi connectivity index (χ0n) is 10.2. The van der Waals surface area contributed by atoms with E-state index in [1.807, 2.05) is 0 Å². The summed E-state index contributed by atoms with van der Waals surface area (Å²) in [5.41, 5.74) is 1.53. The lowest BCUT2D eigenvalue weighted by Crippen LogP contribution is -2.28. The molecule has 0 amide bonds. The van der Waals surface area contributed by atoms with E-state index in [0.29, 0.717) is 31.9 Å². The Morgan fingerprint density at radius 3 is 2.60 bits per heavy atom. The molecule has 2 aromatic carbocycles. The van der Waals surface area contributed by atoms with Crippen molar-refractivity contribution in [2.24, 2.45) is 0 Å². The van der Waals surface area contributed by atoms with Gasteiger partial charge in [-0.3, -0.25) is 0 Å². The minimum absolute atomic E-state index is 0.355. The normalized spacial score (nSPS) is 15.2. The van der Waals surface area contributed by atoms with Gasteiger partial charge in [-0.2, -0.15) is 0 Å². The Hall–Kier alpha value is -0.845. The molecule has 3 rings (SSSR count). The van der Waals surface area contributed by atoms with E-state index in [2.05, 4.69) is 0 Å². The molecular formula is C13H9BCl2O3S. The van der Waals surface area contributed by atoms with Crippen LogP contribution in [0.1, 0.15) is 5.56 Å². The second-order valence-corrected chi connectivity index (χ2v) is 6.58. The molecule has 0 aliphatic carbocycles. The van der Waals surface area contributed by atoms with E-state index in [0.717, 1.165) is 5.56 Å². The highest BCUT2D eigenvalue weighted by molar-refractivity contribution is 7.85. The van der Waals surface area contributed by atoms with Crippen molar-refractivity contribution in [1.29, 1.82) is 0 Å². The smallest absolute Gasteiger partial charge is 0.423 e. The van der Waals surface area contributed by atoms with Gasteiger partial charge in [-0.1, -0.05) is 35.3 Å². The molecule has 1 atom stereocenters. The van der Waals surface area contributed by atoms with E-state index >= 15 is 0 Å². The minimum atomic E-state index is -1.51. The van der Waals surface area contributed by atoms with Gasteiger partial charge in [0.1, 0.15) is 0 Å². The van der Waals surface area contributed by atoms with Crippen molar-refractivity contribution in [3.05, 3.63) is 52.0 Å². The van der Waals surface area contributed by atoms with Crippen molar-refractivity contribution in [2.45, 2.75) is 16.4 Å². The van der Waals surface area contributed by atoms with Gasteiger partial charge in [0.2, 0.25) is 0 Å². The fourth-order valence-electron chi connectivity index (χ4n) is 2.09. The average molecular weight is 327 g/mol. The van der Waals surface area contributed by atoms with E-state index in [1.165, 1.54) is 0 Å². The molecule has 2 aromatic rings. The Morgan fingerprint density at radius 2 is 1.90 bits per heavy atom. The fourth-order valence-corrected chi connectivity index (χ4v) is 4.06. The highest BCUT2D eigenvalue weighted by Crippen LogP contribution is 2.31. The summed E-state index contributed by atoms with van der Waals surface area (Å²) in [5, 5.41) is 10.4. The fraction of sp³-hybridized carbons (Fsp3) is 0.0769. The third-order valence-corrected chi connectivity index (χ3v) is 5.45. The molecule has 102 valence electrons. The monoisotopic (exact) mass is 326 g/mol. The standard InChI is InChI=1S/C13H9BCl2O3S/c15-11-2-1-3-12(16)13(11)20(18)9-5-4-8-7-19-14(17)10(8)6-9/h1-6,17H,7H2. The third-order valence-electron chi connectivity index (χ3n) is 3.10. The largest absolute Gasteiger partial charge is 0.491 e. The number of hydrogen-bond acceptors (Lipinski definition) is 3. The van der Waals surface area contributed by atoms with Gasteiger partial charge in [0.15, 0.2) is 0 Å². The van der Waals surface area contributed by atoms with Gasteiger partial charge in [0, 0.05) is 4.90 Å². The van der Waals surface area contributed by atoms with E-state index in [9.17, 15) is 9.23 Å². The molecule has 1 aliphatic rings. The molecule has 0 bridgehead atoms. The van der Waals surface area contributed by atoms with Gasteiger partial charge >= 0.3 is 7.12 Å². The number of hydrogen-bond donors (Lipinski definition) is 1. The molecule has 7 heteroatoms. The predicted octanol–water partition coefficient (Wildman–Crippen LogP) is 2.38. The first-order chi connectivity index (χ1) is 9.58. The molecule has 0 spiro atoms. The van der Waals surface area contributed by atoms with Gasteiger partial charge in [-0.15, -0.1) is 0 Å². The van der Waals surface area contributed by atoms with E-state index in [-0.39, 0.29) is 0 Å². The SMILES string of the molecule is O=S(c1ccc2c(c1)B(O)OC2)c1c(Cl)cccc1Cl. The number of fused-ring (bicyclic) bond motifs is 1. The maximum atomic E-state index is 12.6. The maximum absolute atomic E-state index is 12.6.